The van der Waals surface area contributed by atoms with Crippen molar-refractivity contribution in [2.75, 3.05) is 0 Å². The van der Waals surface area contributed by atoms with Crippen LogP contribution in [0.2, 0.25) is 0 Å². The molecule has 3 atom stereocenters. The maximum absolute atomic E-state index is 11.6. The molecule has 1 aromatic heterocycles. The third-order valence-corrected chi connectivity index (χ3v) is 2.37. The normalized spacial score (nSPS) is 14.9. The number of amides is 2. The fourth-order valence-electron chi connectivity index (χ4n) is 1.22. The second-order valence-electron chi connectivity index (χ2n) is 4.17. The van der Waals surface area contributed by atoms with Crippen LogP contribution >= 0.6 is 0 Å². The number of carbonyl (C=O) groups excluding carboxylic acids is 1. The molecular formula is C11H17N5O4. The van der Waals surface area contributed by atoms with Crippen LogP contribution in [0.15, 0.2) is 17.2 Å². The third kappa shape index (κ3) is 4.05. The van der Waals surface area contributed by atoms with Gasteiger partial charge in [0, 0.05) is 0 Å². The van der Waals surface area contributed by atoms with E-state index in [1.807, 2.05) is 0 Å². The maximum Gasteiger partial charge on any atom is 0.325 e. The Kier molecular flexibility index (Phi) is 5.21. The molecule has 2 amide bonds. The molecule has 0 aliphatic rings. The van der Waals surface area contributed by atoms with Crippen molar-refractivity contribution in [3.05, 3.63) is 24.4 Å². The standard InChI is InChI=1S/C11H17N5O4/c1-4-7(9-15-8(5(2)12)16-20-9)14-11(19)13-6(3)10(17)18/h4-7H,1,12H2,2-3H3,(H,17,18)(H2,13,14,19)/t5-,6-,7-/m0/s1. The number of nitrogens with two attached hydrogens (primary N) is 1. The molecule has 0 spiro atoms. The first kappa shape index (κ1) is 15.6. The highest BCUT2D eigenvalue weighted by atomic mass is 16.5. The van der Waals surface area contributed by atoms with Crippen LogP contribution in [-0.4, -0.2) is 33.3 Å². The monoisotopic (exact) mass is 283 g/mol. The Hall–Kier alpha value is -2.42. The SMILES string of the molecule is C=C[C@H](NC(=O)N[C@@H](C)C(=O)O)c1nc([C@H](C)N)no1. The number of nitrogens with one attached hydrogen (secondary N) is 2. The summed E-state index contributed by atoms with van der Waals surface area (Å²) < 4.78 is 4.96. The summed E-state index contributed by atoms with van der Waals surface area (Å²) >= 11 is 0. The van der Waals surface area contributed by atoms with Crippen molar-refractivity contribution in [2.45, 2.75) is 32.0 Å². The van der Waals surface area contributed by atoms with Gasteiger partial charge in [-0.1, -0.05) is 11.2 Å². The van der Waals surface area contributed by atoms with Gasteiger partial charge in [0.2, 0.25) is 0 Å². The minimum absolute atomic E-state index is 0.116. The van der Waals surface area contributed by atoms with E-state index >= 15 is 0 Å². The molecule has 0 aromatic carbocycles. The average molecular weight is 283 g/mol. The lowest BCUT2D eigenvalue weighted by Crippen LogP contribution is -2.45. The van der Waals surface area contributed by atoms with Crippen LogP contribution in [0.25, 0.3) is 0 Å². The predicted molar refractivity (Wildman–Crippen MR) is 68.6 cm³/mol. The molecular weight excluding hydrogens is 266 g/mol. The highest BCUT2D eigenvalue weighted by molar-refractivity contribution is 5.82. The first-order valence-corrected chi connectivity index (χ1v) is 5.86. The zero-order chi connectivity index (χ0) is 15.3. The number of hydrogen-bond acceptors (Lipinski definition) is 6. The van der Waals surface area contributed by atoms with Crippen molar-refractivity contribution in [3.8, 4) is 0 Å². The number of carboxylic acids is 1. The zero-order valence-electron chi connectivity index (χ0n) is 11.2. The summed E-state index contributed by atoms with van der Waals surface area (Å²) in [5.74, 6) is -0.731. The molecule has 9 heteroatoms. The summed E-state index contributed by atoms with van der Waals surface area (Å²) in [4.78, 5) is 26.2. The number of hydrogen-bond donors (Lipinski definition) is 4. The molecule has 0 radical (unpaired) electrons. The second-order valence-corrected chi connectivity index (χ2v) is 4.17. The molecule has 1 heterocycles. The van der Waals surface area contributed by atoms with Crippen molar-refractivity contribution in [2.24, 2.45) is 5.73 Å². The van der Waals surface area contributed by atoms with E-state index in [9.17, 15) is 9.59 Å². The summed E-state index contributed by atoms with van der Waals surface area (Å²) in [6.07, 6.45) is 1.38. The lowest BCUT2D eigenvalue weighted by molar-refractivity contribution is -0.138. The molecule has 0 saturated heterocycles. The molecule has 0 fully saturated rings. The van der Waals surface area contributed by atoms with E-state index in [1.54, 1.807) is 6.92 Å². The van der Waals surface area contributed by atoms with E-state index in [1.165, 1.54) is 13.0 Å². The first-order valence-electron chi connectivity index (χ1n) is 5.86. The number of carboxylic acid groups (broad SMARTS) is 1. The lowest BCUT2D eigenvalue weighted by atomic mass is 10.3. The fraction of sp³-hybridized carbons (Fsp3) is 0.455. The van der Waals surface area contributed by atoms with Gasteiger partial charge >= 0.3 is 12.0 Å². The van der Waals surface area contributed by atoms with E-state index in [2.05, 4.69) is 27.4 Å². The Morgan fingerprint density at radius 3 is 2.55 bits per heavy atom. The lowest BCUT2D eigenvalue weighted by Gasteiger charge is -2.13. The van der Waals surface area contributed by atoms with Gasteiger partial charge in [0.05, 0.1) is 6.04 Å². The van der Waals surface area contributed by atoms with Crippen LogP contribution in [0.1, 0.15) is 37.6 Å². The summed E-state index contributed by atoms with van der Waals surface area (Å²) in [7, 11) is 0. The highest BCUT2D eigenvalue weighted by Crippen LogP contribution is 2.13. The Morgan fingerprint density at radius 2 is 2.10 bits per heavy atom. The number of nitrogens with zero attached hydrogens (tertiary/aromatic N) is 2. The van der Waals surface area contributed by atoms with Gasteiger partial charge < -0.3 is 26.0 Å². The van der Waals surface area contributed by atoms with Crippen molar-refractivity contribution in [1.29, 1.82) is 0 Å². The first-order chi connectivity index (χ1) is 9.35. The molecule has 5 N–H and O–H groups in total. The van der Waals surface area contributed by atoms with E-state index in [0.29, 0.717) is 5.82 Å². The van der Waals surface area contributed by atoms with Crippen LogP contribution in [0, 0.1) is 0 Å². The molecule has 0 saturated carbocycles. The average Bonchev–Trinajstić information content (AvgIpc) is 2.85. The van der Waals surface area contributed by atoms with Gasteiger partial charge in [-0.15, -0.1) is 6.58 Å². The van der Waals surface area contributed by atoms with Crippen LogP contribution in [-0.2, 0) is 4.79 Å². The number of aliphatic carboxylic acids is 1. The number of aromatic nitrogens is 2. The molecule has 1 aromatic rings. The predicted octanol–water partition coefficient (Wildman–Crippen LogP) is 0.0887. The topological polar surface area (TPSA) is 143 Å². The van der Waals surface area contributed by atoms with E-state index in [0.717, 1.165) is 0 Å². The fourth-order valence-corrected chi connectivity index (χ4v) is 1.22. The van der Waals surface area contributed by atoms with Gasteiger partial charge in [0.25, 0.3) is 5.89 Å². The molecule has 9 nitrogen and oxygen atoms in total. The Morgan fingerprint density at radius 1 is 1.45 bits per heavy atom. The van der Waals surface area contributed by atoms with Crippen LogP contribution in [0.5, 0.6) is 0 Å². The maximum atomic E-state index is 11.6. The van der Waals surface area contributed by atoms with E-state index in [4.69, 9.17) is 15.4 Å². The molecule has 0 unspecified atom stereocenters. The number of carbonyl (C=O) groups is 2. The molecule has 20 heavy (non-hydrogen) atoms. The van der Waals surface area contributed by atoms with Crippen molar-refractivity contribution >= 4 is 12.0 Å². The van der Waals surface area contributed by atoms with E-state index in [-0.39, 0.29) is 5.89 Å². The minimum Gasteiger partial charge on any atom is -0.480 e. The minimum atomic E-state index is -1.15. The Balaban J connectivity index is 2.69. The highest BCUT2D eigenvalue weighted by Gasteiger charge is 2.21. The van der Waals surface area contributed by atoms with Crippen molar-refractivity contribution in [3.63, 3.8) is 0 Å². The summed E-state index contributed by atoms with van der Waals surface area (Å²) in [5, 5.41) is 17.0. The molecule has 0 aliphatic carbocycles. The second kappa shape index (κ2) is 6.66. The summed E-state index contributed by atoms with van der Waals surface area (Å²) in [6.45, 7) is 6.57. The summed E-state index contributed by atoms with van der Waals surface area (Å²) in [5.41, 5.74) is 5.59. The smallest absolute Gasteiger partial charge is 0.325 e. The molecule has 110 valence electrons. The molecule has 0 aliphatic heterocycles. The molecule has 1 rings (SSSR count). The molecule has 0 bridgehead atoms. The van der Waals surface area contributed by atoms with Gasteiger partial charge in [0.1, 0.15) is 12.1 Å². The van der Waals surface area contributed by atoms with E-state index < -0.39 is 30.1 Å². The van der Waals surface area contributed by atoms with Crippen LogP contribution in [0.4, 0.5) is 4.79 Å². The van der Waals surface area contributed by atoms with Gasteiger partial charge in [-0.25, -0.2) is 4.79 Å². The number of rotatable bonds is 6. The third-order valence-electron chi connectivity index (χ3n) is 2.37. The zero-order valence-corrected chi connectivity index (χ0v) is 11.2. The number of urea groups is 1. The van der Waals surface area contributed by atoms with Gasteiger partial charge in [-0.2, -0.15) is 4.98 Å². The Bertz CT molecular complexity index is 499. The largest absolute Gasteiger partial charge is 0.480 e. The van der Waals surface area contributed by atoms with Gasteiger partial charge in [0.15, 0.2) is 5.82 Å². The Labute approximate surface area is 115 Å². The van der Waals surface area contributed by atoms with Crippen LogP contribution < -0.4 is 16.4 Å². The van der Waals surface area contributed by atoms with Gasteiger partial charge in [-0.05, 0) is 13.8 Å². The quantitative estimate of drug-likeness (QED) is 0.541. The van der Waals surface area contributed by atoms with Crippen molar-refractivity contribution < 1.29 is 19.2 Å². The van der Waals surface area contributed by atoms with Crippen molar-refractivity contribution in [1.82, 2.24) is 20.8 Å². The van der Waals surface area contributed by atoms with Crippen LogP contribution in [0.3, 0.4) is 0 Å². The van der Waals surface area contributed by atoms with Gasteiger partial charge in [-0.3, -0.25) is 4.79 Å². The summed E-state index contributed by atoms with van der Waals surface area (Å²) in [6, 6.07) is -2.86.